The number of benzene rings is 1. The molecular weight excluding hydrogens is 178 g/mol. The Labute approximate surface area is 67.0 Å². The summed E-state index contributed by atoms with van der Waals surface area (Å²) in [6.07, 6.45) is 0. The third kappa shape index (κ3) is 1.18. The van der Waals surface area contributed by atoms with Crippen molar-refractivity contribution in [3.8, 4) is 5.75 Å². The largest absolute Gasteiger partial charge is 0.506 e. The molecule has 1 aromatic rings. The third-order valence-electron chi connectivity index (χ3n) is 1.01. The molecule has 0 aliphatic heterocycles. The van der Waals surface area contributed by atoms with Crippen LogP contribution in [0.25, 0.3) is 0 Å². The lowest BCUT2D eigenvalue weighted by molar-refractivity contribution is 0.473. The van der Waals surface area contributed by atoms with Crippen molar-refractivity contribution in [1.82, 2.24) is 0 Å². The van der Waals surface area contributed by atoms with E-state index in [2.05, 4.69) is 0 Å². The summed E-state index contributed by atoms with van der Waals surface area (Å²) < 4.78 is 12.4. The molecule has 0 bridgehead atoms. The molecule has 0 amide bonds. The Morgan fingerprint density at radius 2 is 1.80 bits per heavy atom. The van der Waals surface area contributed by atoms with E-state index in [0.717, 1.165) is 12.1 Å². The first-order valence-corrected chi connectivity index (χ1v) is 3.21. The topological polar surface area (TPSA) is 20.2 Å². The maximum atomic E-state index is 12.4. The summed E-state index contributed by atoms with van der Waals surface area (Å²) in [5, 5.41) is 8.44. The number of rotatable bonds is 0. The zero-order chi connectivity index (χ0) is 7.72. The zero-order valence-corrected chi connectivity index (χ0v) is 6.25. The molecule has 0 fully saturated rings. The minimum Gasteiger partial charge on any atom is -0.506 e. The van der Waals surface area contributed by atoms with Gasteiger partial charge in [-0.25, -0.2) is 4.39 Å². The van der Waals surface area contributed by atoms with Gasteiger partial charge in [0.15, 0.2) is 0 Å². The van der Waals surface area contributed by atoms with E-state index in [4.69, 9.17) is 28.3 Å². The van der Waals surface area contributed by atoms with Crippen LogP contribution in [0, 0.1) is 5.82 Å². The Morgan fingerprint density at radius 3 is 2.30 bits per heavy atom. The Kier molecular flexibility index (Phi) is 2.02. The van der Waals surface area contributed by atoms with Crippen LogP contribution in [-0.4, -0.2) is 5.11 Å². The number of aromatic hydroxyl groups is 1. The summed E-state index contributed by atoms with van der Waals surface area (Å²) in [6, 6.07) is 2.19. The molecule has 0 spiro atoms. The number of phenolic OH excluding ortho intramolecular Hbond substituents is 1. The Balaban J connectivity index is 3.34. The van der Waals surface area contributed by atoms with Crippen LogP contribution in [0.4, 0.5) is 4.39 Å². The first kappa shape index (κ1) is 7.63. The lowest BCUT2D eigenvalue weighted by Crippen LogP contribution is -1.77. The van der Waals surface area contributed by atoms with Crippen molar-refractivity contribution in [3.63, 3.8) is 0 Å². The second-order valence-electron chi connectivity index (χ2n) is 1.69. The van der Waals surface area contributed by atoms with Crippen LogP contribution in [0.15, 0.2) is 12.1 Å². The van der Waals surface area contributed by atoms with E-state index in [1.165, 1.54) is 0 Å². The molecule has 0 unspecified atom stereocenters. The molecule has 1 rings (SSSR count). The van der Waals surface area contributed by atoms with Gasteiger partial charge in [-0.15, -0.1) is 0 Å². The van der Waals surface area contributed by atoms with Gasteiger partial charge < -0.3 is 5.11 Å². The average Bonchev–Trinajstić information content (AvgIpc) is 1.93. The van der Waals surface area contributed by atoms with Crippen LogP contribution in [-0.2, 0) is 0 Å². The maximum Gasteiger partial charge on any atom is 0.143 e. The molecule has 1 aromatic carbocycles. The molecule has 54 valence electrons. The minimum atomic E-state index is -0.635. The summed E-state index contributed by atoms with van der Waals surface area (Å²) in [6.45, 7) is 0. The monoisotopic (exact) mass is 180 g/mol. The predicted octanol–water partition coefficient (Wildman–Crippen LogP) is 2.84. The summed E-state index contributed by atoms with van der Waals surface area (Å²) >= 11 is 10.7. The van der Waals surface area contributed by atoms with Crippen molar-refractivity contribution in [2.45, 2.75) is 0 Å². The quantitative estimate of drug-likeness (QED) is 0.610. The normalized spacial score (nSPS) is 9.90. The molecule has 0 radical (unpaired) electrons. The first-order valence-electron chi connectivity index (χ1n) is 2.45. The van der Waals surface area contributed by atoms with Crippen LogP contribution >= 0.6 is 23.2 Å². The van der Waals surface area contributed by atoms with Crippen molar-refractivity contribution in [2.75, 3.05) is 0 Å². The van der Waals surface area contributed by atoms with Gasteiger partial charge in [0, 0.05) is 0 Å². The van der Waals surface area contributed by atoms with Gasteiger partial charge in [0.2, 0.25) is 0 Å². The van der Waals surface area contributed by atoms with E-state index in [1.54, 1.807) is 0 Å². The molecule has 0 saturated heterocycles. The number of hydrogen-bond acceptors (Lipinski definition) is 1. The molecule has 0 saturated carbocycles. The van der Waals surface area contributed by atoms with Crippen LogP contribution in [0.5, 0.6) is 5.75 Å². The van der Waals surface area contributed by atoms with Crippen LogP contribution < -0.4 is 0 Å². The maximum absolute atomic E-state index is 12.4. The third-order valence-corrected chi connectivity index (χ3v) is 1.86. The summed E-state index contributed by atoms with van der Waals surface area (Å²) in [5.41, 5.74) is 0. The molecule has 0 aromatic heterocycles. The van der Waals surface area contributed by atoms with Gasteiger partial charge in [0.05, 0.1) is 5.02 Å². The highest BCUT2D eigenvalue weighted by Crippen LogP contribution is 2.32. The standard InChI is InChI=1S/C6H3Cl2FO/c7-5-3(9)1-2-4(10)6(5)8/h1-2,10H. The molecule has 0 heterocycles. The van der Waals surface area contributed by atoms with E-state index >= 15 is 0 Å². The van der Waals surface area contributed by atoms with Gasteiger partial charge in [-0.05, 0) is 12.1 Å². The predicted molar refractivity (Wildman–Crippen MR) is 38.1 cm³/mol. The number of phenols is 1. The Hall–Kier alpha value is -0.470. The van der Waals surface area contributed by atoms with Crippen LogP contribution in [0.2, 0.25) is 10.0 Å². The van der Waals surface area contributed by atoms with Gasteiger partial charge in [0.25, 0.3) is 0 Å². The molecule has 0 aliphatic rings. The molecule has 1 nitrogen and oxygen atoms in total. The van der Waals surface area contributed by atoms with Crippen molar-refractivity contribution < 1.29 is 9.50 Å². The van der Waals surface area contributed by atoms with Gasteiger partial charge in [-0.2, -0.15) is 0 Å². The summed E-state index contributed by atoms with van der Waals surface area (Å²) in [7, 11) is 0. The zero-order valence-electron chi connectivity index (χ0n) is 4.74. The van der Waals surface area contributed by atoms with Crippen molar-refractivity contribution in [3.05, 3.63) is 28.0 Å². The van der Waals surface area contributed by atoms with Crippen molar-refractivity contribution >= 4 is 23.2 Å². The Morgan fingerprint density at radius 1 is 1.20 bits per heavy atom. The van der Waals surface area contributed by atoms with Crippen LogP contribution in [0.3, 0.4) is 0 Å². The van der Waals surface area contributed by atoms with Gasteiger partial charge >= 0.3 is 0 Å². The number of halogens is 3. The lowest BCUT2D eigenvalue weighted by Gasteiger charge is -1.98. The Bertz CT molecular complexity index is 235. The first-order chi connectivity index (χ1) is 4.63. The smallest absolute Gasteiger partial charge is 0.143 e. The fourth-order valence-electron chi connectivity index (χ4n) is 0.516. The van der Waals surface area contributed by atoms with E-state index < -0.39 is 5.82 Å². The van der Waals surface area contributed by atoms with Gasteiger partial charge in [-0.3, -0.25) is 0 Å². The fourth-order valence-corrected chi connectivity index (χ4v) is 0.829. The SMILES string of the molecule is Oc1ccc(F)c(Cl)c1Cl. The molecule has 1 N–H and O–H groups in total. The van der Waals surface area contributed by atoms with Crippen molar-refractivity contribution in [1.29, 1.82) is 0 Å². The molecule has 0 atom stereocenters. The molecule has 4 heteroatoms. The molecular formula is C6H3Cl2FO. The van der Waals surface area contributed by atoms with Crippen molar-refractivity contribution in [2.24, 2.45) is 0 Å². The fraction of sp³-hybridized carbons (Fsp3) is 0. The van der Waals surface area contributed by atoms with E-state index in [9.17, 15) is 4.39 Å². The van der Waals surface area contributed by atoms with Crippen LogP contribution in [0.1, 0.15) is 0 Å². The summed E-state index contributed by atoms with van der Waals surface area (Å²) in [5.74, 6) is -0.850. The highest BCUT2D eigenvalue weighted by Gasteiger charge is 2.07. The molecule has 10 heavy (non-hydrogen) atoms. The second kappa shape index (κ2) is 2.64. The molecule has 0 aliphatic carbocycles. The second-order valence-corrected chi connectivity index (χ2v) is 2.45. The number of hydrogen-bond donors (Lipinski definition) is 1. The minimum absolute atomic E-state index is 0.151. The van der Waals surface area contributed by atoms with Gasteiger partial charge in [-0.1, -0.05) is 23.2 Å². The lowest BCUT2D eigenvalue weighted by atomic mass is 10.3. The van der Waals surface area contributed by atoms with E-state index in [-0.39, 0.29) is 15.8 Å². The van der Waals surface area contributed by atoms with E-state index in [1.807, 2.05) is 0 Å². The highest BCUT2D eigenvalue weighted by atomic mass is 35.5. The van der Waals surface area contributed by atoms with Gasteiger partial charge in [0.1, 0.15) is 16.6 Å². The average molecular weight is 181 g/mol. The highest BCUT2D eigenvalue weighted by molar-refractivity contribution is 6.42. The van der Waals surface area contributed by atoms with E-state index in [0.29, 0.717) is 0 Å². The summed E-state index contributed by atoms with van der Waals surface area (Å²) in [4.78, 5) is 0.